The Morgan fingerprint density at radius 3 is 1.93 bits per heavy atom. The van der Waals surface area contributed by atoms with Crippen LogP contribution in [-0.2, 0) is 4.74 Å². The molecule has 5 nitrogen and oxygen atoms in total. The highest BCUT2D eigenvalue weighted by Gasteiger charge is 2.24. The van der Waals surface area contributed by atoms with Gasteiger partial charge >= 0.3 is 5.97 Å². The zero-order valence-electron chi connectivity index (χ0n) is 16.1. The molecule has 0 aliphatic heterocycles. The number of carbonyl (C=O) groups excluding carboxylic acids is 3. The van der Waals surface area contributed by atoms with Crippen LogP contribution in [0.4, 0.5) is 0 Å². The molecule has 0 radical (unpaired) electrons. The number of hydrogen-bond donors (Lipinski definition) is 0. The molecule has 5 heteroatoms. The van der Waals surface area contributed by atoms with Crippen LogP contribution in [0.1, 0.15) is 43.6 Å². The lowest BCUT2D eigenvalue weighted by atomic mass is 9.98. The van der Waals surface area contributed by atoms with Gasteiger partial charge in [-0.1, -0.05) is 48.5 Å². The van der Waals surface area contributed by atoms with Crippen molar-refractivity contribution in [3.63, 3.8) is 0 Å². The van der Waals surface area contributed by atoms with Gasteiger partial charge in [-0.2, -0.15) is 0 Å². The molecule has 0 spiro atoms. The van der Waals surface area contributed by atoms with Gasteiger partial charge in [0.2, 0.25) is 5.78 Å². The van der Waals surface area contributed by atoms with Crippen molar-refractivity contribution in [2.75, 3.05) is 7.11 Å². The quantitative estimate of drug-likeness (QED) is 0.444. The van der Waals surface area contributed by atoms with Crippen LogP contribution >= 0.6 is 0 Å². The summed E-state index contributed by atoms with van der Waals surface area (Å²) in [6.45, 7) is 1.51. The third-order valence-corrected chi connectivity index (χ3v) is 4.46. The van der Waals surface area contributed by atoms with Crippen LogP contribution in [-0.4, -0.2) is 30.7 Å². The second-order valence-corrected chi connectivity index (χ2v) is 6.38. The summed E-state index contributed by atoms with van der Waals surface area (Å²) < 4.78 is 10.4. The van der Waals surface area contributed by atoms with Crippen LogP contribution in [0.15, 0.2) is 78.9 Å². The molecule has 0 amide bonds. The van der Waals surface area contributed by atoms with Gasteiger partial charge < -0.3 is 9.47 Å². The molecule has 0 fully saturated rings. The van der Waals surface area contributed by atoms with E-state index < -0.39 is 12.1 Å². The first-order valence-corrected chi connectivity index (χ1v) is 9.09. The van der Waals surface area contributed by atoms with E-state index in [-0.39, 0.29) is 22.7 Å². The fraction of sp³-hybridized carbons (Fsp3) is 0.125. The number of Topliss-reactive ketones (excluding diaryl/α,β-unsaturated/α-hetero) is 1. The first-order valence-electron chi connectivity index (χ1n) is 9.09. The maximum Gasteiger partial charge on any atom is 0.339 e. The van der Waals surface area contributed by atoms with E-state index in [1.54, 1.807) is 66.7 Å². The van der Waals surface area contributed by atoms with Gasteiger partial charge in [0.1, 0.15) is 5.75 Å². The minimum atomic E-state index is -1.00. The van der Waals surface area contributed by atoms with Gasteiger partial charge in [-0.15, -0.1) is 0 Å². The molecular weight excluding hydrogens is 368 g/mol. The van der Waals surface area contributed by atoms with E-state index in [1.807, 2.05) is 6.07 Å². The van der Waals surface area contributed by atoms with Crippen molar-refractivity contribution in [2.45, 2.75) is 13.0 Å². The summed E-state index contributed by atoms with van der Waals surface area (Å²) in [5.74, 6) is -0.723. The third-order valence-electron chi connectivity index (χ3n) is 4.46. The molecule has 0 N–H and O–H groups in total. The van der Waals surface area contributed by atoms with E-state index in [4.69, 9.17) is 9.47 Å². The third kappa shape index (κ3) is 4.58. The minimum absolute atomic E-state index is 0.121. The normalized spacial score (nSPS) is 11.4. The zero-order chi connectivity index (χ0) is 20.8. The molecule has 0 aliphatic rings. The lowest BCUT2D eigenvalue weighted by Gasteiger charge is -2.14. The molecule has 3 aromatic rings. The van der Waals surface area contributed by atoms with Gasteiger partial charge in [0, 0.05) is 16.7 Å². The van der Waals surface area contributed by atoms with Gasteiger partial charge in [0.05, 0.1) is 12.7 Å². The monoisotopic (exact) mass is 388 g/mol. The second kappa shape index (κ2) is 8.97. The van der Waals surface area contributed by atoms with Crippen LogP contribution in [0.2, 0.25) is 0 Å². The van der Waals surface area contributed by atoms with Crippen molar-refractivity contribution in [2.24, 2.45) is 0 Å². The molecule has 1 atom stereocenters. The Hall–Kier alpha value is -3.73. The van der Waals surface area contributed by atoms with Crippen LogP contribution in [0.25, 0.3) is 0 Å². The highest BCUT2D eigenvalue weighted by atomic mass is 16.5. The maximum atomic E-state index is 12.8. The van der Waals surface area contributed by atoms with Crippen LogP contribution in [0.5, 0.6) is 5.75 Å². The van der Waals surface area contributed by atoms with E-state index in [0.717, 1.165) is 0 Å². The van der Waals surface area contributed by atoms with Crippen molar-refractivity contribution in [1.82, 2.24) is 0 Å². The SMILES string of the molecule is COc1ccc(C(=O)[C@H](C)OC(=O)c2ccccc2C(=O)c2ccccc2)cc1. The Morgan fingerprint density at radius 2 is 1.31 bits per heavy atom. The van der Waals surface area contributed by atoms with E-state index in [1.165, 1.54) is 20.1 Å². The summed E-state index contributed by atoms with van der Waals surface area (Å²) in [6, 6.07) is 21.6. The fourth-order valence-corrected chi connectivity index (χ4v) is 2.87. The van der Waals surface area contributed by atoms with Crippen LogP contribution in [0.3, 0.4) is 0 Å². The molecule has 146 valence electrons. The van der Waals surface area contributed by atoms with Crippen molar-refractivity contribution >= 4 is 17.5 Å². The summed E-state index contributed by atoms with van der Waals surface area (Å²) in [7, 11) is 1.54. The van der Waals surface area contributed by atoms with Crippen molar-refractivity contribution < 1.29 is 23.9 Å². The number of ketones is 2. The Kier molecular flexibility index (Phi) is 6.19. The first-order chi connectivity index (χ1) is 14.0. The van der Waals surface area contributed by atoms with Crippen LogP contribution < -0.4 is 4.74 Å². The fourth-order valence-electron chi connectivity index (χ4n) is 2.87. The van der Waals surface area contributed by atoms with Gasteiger partial charge in [-0.25, -0.2) is 4.79 Å². The molecule has 0 aromatic heterocycles. The van der Waals surface area contributed by atoms with Crippen LogP contribution in [0, 0.1) is 0 Å². The number of hydrogen-bond acceptors (Lipinski definition) is 5. The molecule has 0 heterocycles. The molecule has 0 bridgehead atoms. The molecule has 0 saturated carbocycles. The summed E-state index contributed by atoms with van der Waals surface area (Å²) in [4.78, 5) is 38.1. The van der Waals surface area contributed by atoms with Gasteiger partial charge in [0.15, 0.2) is 11.9 Å². The standard InChI is InChI=1S/C24H20O5/c1-16(22(25)18-12-14-19(28-2)15-13-18)29-24(27)21-11-7-6-10-20(21)23(26)17-8-4-3-5-9-17/h3-16H,1-2H3/t16-/m0/s1. The predicted octanol–water partition coefficient (Wildman–Crippen LogP) is 4.35. The van der Waals surface area contributed by atoms with Crippen molar-refractivity contribution in [3.05, 3.63) is 101 Å². The maximum absolute atomic E-state index is 12.8. The Bertz CT molecular complexity index is 1020. The number of methoxy groups -OCH3 is 1. The average Bonchev–Trinajstić information content (AvgIpc) is 2.78. The number of ether oxygens (including phenoxy) is 2. The van der Waals surface area contributed by atoms with E-state index in [0.29, 0.717) is 16.9 Å². The van der Waals surface area contributed by atoms with Gasteiger partial charge in [-0.05, 0) is 37.3 Å². The number of rotatable bonds is 7. The Morgan fingerprint density at radius 1 is 0.724 bits per heavy atom. The topological polar surface area (TPSA) is 69.7 Å². The number of benzene rings is 3. The lowest BCUT2D eigenvalue weighted by Crippen LogP contribution is -2.25. The Labute approximate surface area is 168 Å². The second-order valence-electron chi connectivity index (χ2n) is 6.38. The average molecular weight is 388 g/mol. The molecule has 29 heavy (non-hydrogen) atoms. The summed E-state index contributed by atoms with van der Waals surface area (Å²) >= 11 is 0. The summed E-state index contributed by atoms with van der Waals surface area (Å²) in [5, 5.41) is 0. The predicted molar refractivity (Wildman–Crippen MR) is 109 cm³/mol. The summed E-state index contributed by atoms with van der Waals surface area (Å²) in [6.07, 6.45) is -1.00. The smallest absolute Gasteiger partial charge is 0.339 e. The zero-order valence-corrected chi connectivity index (χ0v) is 16.1. The first kappa shape index (κ1) is 20.0. The highest BCUT2D eigenvalue weighted by molar-refractivity contribution is 6.14. The molecule has 0 saturated heterocycles. The molecule has 0 unspecified atom stereocenters. The molecule has 3 aromatic carbocycles. The number of carbonyl (C=O) groups is 3. The Balaban J connectivity index is 1.78. The van der Waals surface area contributed by atoms with Crippen molar-refractivity contribution in [3.8, 4) is 5.75 Å². The number of esters is 1. The van der Waals surface area contributed by atoms with Gasteiger partial charge in [0.25, 0.3) is 0 Å². The van der Waals surface area contributed by atoms with E-state index >= 15 is 0 Å². The summed E-state index contributed by atoms with van der Waals surface area (Å²) in [5.41, 5.74) is 1.22. The molecular formula is C24H20O5. The van der Waals surface area contributed by atoms with E-state index in [2.05, 4.69) is 0 Å². The van der Waals surface area contributed by atoms with Crippen molar-refractivity contribution in [1.29, 1.82) is 0 Å². The molecule has 3 rings (SSSR count). The molecule has 0 aliphatic carbocycles. The van der Waals surface area contributed by atoms with Gasteiger partial charge in [-0.3, -0.25) is 9.59 Å². The minimum Gasteiger partial charge on any atom is -0.497 e. The van der Waals surface area contributed by atoms with E-state index in [9.17, 15) is 14.4 Å². The lowest BCUT2D eigenvalue weighted by molar-refractivity contribution is 0.0317. The largest absolute Gasteiger partial charge is 0.497 e. The highest BCUT2D eigenvalue weighted by Crippen LogP contribution is 2.18.